The minimum Gasteiger partial charge on any atom is -0.316 e. The molecule has 1 atom stereocenters. The SMILES string of the molecule is CC(C)c1cn2cc(C3CCNC3)cnc2n1. The number of aromatic nitrogens is 3. The Morgan fingerprint density at radius 1 is 1.41 bits per heavy atom. The molecule has 1 aliphatic heterocycles. The summed E-state index contributed by atoms with van der Waals surface area (Å²) < 4.78 is 2.06. The first-order valence-corrected chi connectivity index (χ1v) is 6.29. The van der Waals surface area contributed by atoms with E-state index in [1.807, 2.05) is 6.20 Å². The average molecular weight is 230 g/mol. The molecule has 4 heteroatoms. The molecular weight excluding hydrogens is 212 g/mol. The third-order valence-electron chi connectivity index (χ3n) is 3.47. The lowest BCUT2D eigenvalue weighted by Crippen LogP contribution is -2.08. The number of nitrogens with one attached hydrogen (secondary N) is 1. The Labute approximate surface area is 101 Å². The minimum absolute atomic E-state index is 0.452. The predicted octanol–water partition coefficient (Wildman–Crippen LogP) is 1.93. The smallest absolute Gasteiger partial charge is 0.233 e. The summed E-state index contributed by atoms with van der Waals surface area (Å²) in [6, 6.07) is 0. The molecular formula is C13H18N4. The Bertz CT molecular complexity index is 523. The quantitative estimate of drug-likeness (QED) is 0.857. The fourth-order valence-corrected chi connectivity index (χ4v) is 2.35. The van der Waals surface area contributed by atoms with E-state index >= 15 is 0 Å². The third-order valence-corrected chi connectivity index (χ3v) is 3.47. The molecule has 3 rings (SSSR count). The van der Waals surface area contributed by atoms with Crippen LogP contribution in [0.15, 0.2) is 18.6 Å². The molecule has 1 saturated heterocycles. The summed E-state index contributed by atoms with van der Waals surface area (Å²) in [7, 11) is 0. The zero-order valence-corrected chi connectivity index (χ0v) is 10.3. The van der Waals surface area contributed by atoms with Gasteiger partial charge in [-0.05, 0) is 24.4 Å². The number of nitrogens with zero attached hydrogens (tertiary/aromatic N) is 3. The molecule has 0 spiro atoms. The summed E-state index contributed by atoms with van der Waals surface area (Å²) in [4.78, 5) is 8.97. The van der Waals surface area contributed by atoms with Gasteiger partial charge in [0.15, 0.2) is 0 Å². The molecule has 0 aliphatic carbocycles. The molecule has 1 unspecified atom stereocenters. The lowest BCUT2D eigenvalue weighted by Gasteiger charge is -2.07. The topological polar surface area (TPSA) is 42.2 Å². The molecule has 4 nitrogen and oxygen atoms in total. The Kier molecular flexibility index (Phi) is 2.59. The van der Waals surface area contributed by atoms with Crippen molar-refractivity contribution in [3.63, 3.8) is 0 Å². The number of hydrogen-bond acceptors (Lipinski definition) is 3. The average Bonchev–Trinajstić information content (AvgIpc) is 2.97. The molecule has 0 amide bonds. The van der Waals surface area contributed by atoms with Gasteiger partial charge in [0.05, 0.1) is 5.69 Å². The highest BCUT2D eigenvalue weighted by atomic mass is 15.1. The van der Waals surface area contributed by atoms with Crippen molar-refractivity contribution >= 4 is 5.78 Å². The molecule has 90 valence electrons. The minimum atomic E-state index is 0.452. The van der Waals surface area contributed by atoms with Crippen molar-refractivity contribution < 1.29 is 0 Å². The van der Waals surface area contributed by atoms with Crippen LogP contribution in [0.2, 0.25) is 0 Å². The molecule has 0 aromatic carbocycles. The van der Waals surface area contributed by atoms with Crippen molar-refractivity contribution in [1.82, 2.24) is 19.7 Å². The Morgan fingerprint density at radius 2 is 2.29 bits per heavy atom. The van der Waals surface area contributed by atoms with Gasteiger partial charge in [0, 0.05) is 31.1 Å². The van der Waals surface area contributed by atoms with Crippen LogP contribution in [0.4, 0.5) is 0 Å². The van der Waals surface area contributed by atoms with E-state index in [1.165, 1.54) is 12.0 Å². The molecule has 1 N–H and O–H groups in total. The van der Waals surface area contributed by atoms with Gasteiger partial charge in [-0.2, -0.15) is 0 Å². The zero-order valence-electron chi connectivity index (χ0n) is 10.3. The lowest BCUT2D eigenvalue weighted by molar-refractivity contribution is 0.750. The maximum absolute atomic E-state index is 4.52. The van der Waals surface area contributed by atoms with E-state index in [0.29, 0.717) is 11.8 Å². The van der Waals surface area contributed by atoms with Crippen LogP contribution < -0.4 is 5.32 Å². The first kappa shape index (κ1) is 10.7. The molecule has 2 aromatic rings. The van der Waals surface area contributed by atoms with Crippen LogP contribution in [0.25, 0.3) is 5.78 Å². The summed E-state index contributed by atoms with van der Waals surface area (Å²) in [5.41, 5.74) is 2.43. The molecule has 2 aromatic heterocycles. The van der Waals surface area contributed by atoms with Crippen molar-refractivity contribution in [3.8, 4) is 0 Å². The van der Waals surface area contributed by atoms with Crippen molar-refractivity contribution in [1.29, 1.82) is 0 Å². The van der Waals surface area contributed by atoms with Gasteiger partial charge in [-0.15, -0.1) is 0 Å². The van der Waals surface area contributed by atoms with Crippen molar-refractivity contribution in [3.05, 3.63) is 29.8 Å². The molecule has 0 radical (unpaired) electrons. The Morgan fingerprint density at radius 3 is 3.00 bits per heavy atom. The van der Waals surface area contributed by atoms with Crippen LogP contribution in [-0.4, -0.2) is 27.5 Å². The van der Waals surface area contributed by atoms with E-state index in [-0.39, 0.29) is 0 Å². The number of fused-ring (bicyclic) bond motifs is 1. The van der Waals surface area contributed by atoms with Gasteiger partial charge < -0.3 is 5.32 Å². The molecule has 0 saturated carbocycles. The number of imidazole rings is 1. The number of rotatable bonds is 2. The first-order valence-electron chi connectivity index (χ1n) is 6.29. The van der Waals surface area contributed by atoms with E-state index < -0.39 is 0 Å². The summed E-state index contributed by atoms with van der Waals surface area (Å²) in [6.07, 6.45) is 7.46. The summed E-state index contributed by atoms with van der Waals surface area (Å²) >= 11 is 0. The van der Waals surface area contributed by atoms with E-state index in [4.69, 9.17) is 0 Å². The Hall–Kier alpha value is -1.42. The van der Waals surface area contributed by atoms with Crippen molar-refractivity contribution in [2.24, 2.45) is 0 Å². The Balaban J connectivity index is 2.00. The molecule has 3 heterocycles. The highest BCUT2D eigenvalue weighted by molar-refractivity contribution is 5.33. The van der Waals surface area contributed by atoms with Gasteiger partial charge >= 0.3 is 0 Å². The van der Waals surface area contributed by atoms with Gasteiger partial charge in [0.1, 0.15) is 0 Å². The maximum atomic E-state index is 4.52. The van der Waals surface area contributed by atoms with E-state index in [0.717, 1.165) is 24.6 Å². The van der Waals surface area contributed by atoms with Crippen molar-refractivity contribution in [2.75, 3.05) is 13.1 Å². The van der Waals surface area contributed by atoms with E-state index in [9.17, 15) is 0 Å². The third kappa shape index (κ3) is 1.93. The fraction of sp³-hybridized carbons (Fsp3) is 0.538. The van der Waals surface area contributed by atoms with Crippen LogP contribution in [0.5, 0.6) is 0 Å². The maximum Gasteiger partial charge on any atom is 0.233 e. The van der Waals surface area contributed by atoms with Crippen molar-refractivity contribution in [2.45, 2.75) is 32.1 Å². The predicted molar refractivity (Wildman–Crippen MR) is 67.3 cm³/mol. The highest BCUT2D eigenvalue weighted by Gasteiger charge is 2.17. The van der Waals surface area contributed by atoms with E-state index in [1.54, 1.807) is 0 Å². The van der Waals surface area contributed by atoms with Gasteiger partial charge in [0.2, 0.25) is 5.78 Å². The van der Waals surface area contributed by atoms with Gasteiger partial charge in [-0.25, -0.2) is 9.97 Å². The van der Waals surface area contributed by atoms with Crippen LogP contribution in [-0.2, 0) is 0 Å². The largest absolute Gasteiger partial charge is 0.316 e. The second-order valence-electron chi connectivity index (χ2n) is 5.10. The molecule has 17 heavy (non-hydrogen) atoms. The van der Waals surface area contributed by atoms with Crippen LogP contribution >= 0.6 is 0 Å². The summed E-state index contributed by atoms with van der Waals surface area (Å²) in [5.74, 6) is 1.87. The van der Waals surface area contributed by atoms with Crippen LogP contribution in [0.1, 0.15) is 43.4 Å². The molecule has 1 fully saturated rings. The first-order chi connectivity index (χ1) is 8.24. The highest BCUT2D eigenvalue weighted by Crippen LogP contribution is 2.22. The number of hydrogen-bond donors (Lipinski definition) is 1. The molecule has 1 aliphatic rings. The van der Waals surface area contributed by atoms with Gasteiger partial charge in [0.25, 0.3) is 0 Å². The molecule has 0 bridgehead atoms. The summed E-state index contributed by atoms with van der Waals surface area (Å²) in [6.45, 7) is 6.50. The second-order valence-corrected chi connectivity index (χ2v) is 5.10. The lowest BCUT2D eigenvalue weighted by atomic mass is 10.0. The van der Waals surface area contributed by atoms with Crippen LogP contribution in [0.3, 0.4) is 0 Å². The van der Waals surface area contributed by atoms with Gasteiger partial charge in [-0.3, -0.25) is 4.40 Å². The second kappa shape index (κ2) is 4.11. The fourth-order valence-electron chi connectivity index (χ4n) is 2.35. The zero-order chi connectivity index (χ0) is 11.8. The van der Waals surface area contributed by atoms with E-state index in [2.05, 4.69) is 45.9 Å². The monoisotopic (exact) mass is 230 g/mol. The summed E-state index contributed by atoms with van der Waals surface area (Å²) in [5, 5.41) is 3.39. The van der Waals surface area contributed by atoms with Gasteiger partial charge in [-0.1, -0.05) is 13.8 Å². The standard InChI is InChI=1S/C13H18N4/c1-9(2)12-8-17-7-11(6-15-13(17)16-12)10-3-4-14-5-10/h6-10,14H,3-5H2,1-2H3. The normalized spacial score (nSPS) is 20.5. The van der Waals surface area contributed by atoms with Crippen LogP contribution in [0, 0.1) is 0 Å².